The number of carboxylic acids is 1. The van der Waals surface area contributed by atoms with Crippen molar-refractivity contribution >= 4 is 46.4 Å². The van der Waals surface area contributed by atoms with Gasteiger partial charge < -0.3 is 10.0 Å². The second kappa shape index (κ2) is 6.78. The van der Waals surface area contributed by atoms with Gasteiger partial charge in [0, 0.05) is 12.5 Å². The fourth-order valence-corrected chi connectivity index (χ4v) is 3.62. The number of carbonyl (C=O) groups is 2. The summed E-state index contributed by atoms with van der Waals surface area (Å²) in [5, 5.41) is 8.83. The Kier molecular flexibility index (Phi) is 5.29. The van der Waals surface area contributed by atoms with Crippen LogP contribution in [-0.2, 0) is 16.0 Å². The third-order valence-electron chi connectivity index (χ3n) is 3.18. The monoisotopic (exact) mass is 335 g/mol. The molecule has 4 nitrogen and oxygen atoms in total. The van der Waals surface area contributed by atoms with E-state index in [2.05, 4.69) is 0 Å². The Balaban J connectivity index is 1.81. The summed E-state index contributed by atoms with van der Waals surface area (Å²) in [5.74, 6) is -1.05. The Morgan fingerprint density at radius 1 is 1.40 bits per heavy atom. The van der Waals surface area contributed by atoms with Crippen molar-refractivity contribution in [3.8, 4) is 0 Å². The van der Waals surface area contributed by atoms with Crippen LogP contribution in [0.4, 0.5) is 0 Å². The van der Waals surface area contributed by atoms with E-state index in [0.717, 1.165) is 18.4 Å². The number of aryl methyl sites for hydroxylation is 1. The lowest BCUT2D eigenvalue weighted by Gasteiger charge is -2.20. The van der Waals surface area contributed by atoms with Crippen LogP contribution in [0.2, 0.25) is 8.67 Å². The van der Waals surface area contributed by atoms with Crippen molar-refractivity contribution < 1.29 is 14.7 Å². The number of hydrogen-bond donors (Lipinski definition) is 1. The molecule has 1 amide bonds. The van der Waals surface area contributed by atoms with Gasteiger partial charge in [-0.3, -0.25) is 9.59 Å². The van der Waals surface area contributed by atoms with Crippen LogP contribution >= 0.6 is 34.5 Å². The minimum Gasteiger partial charge on any atom is -0.480 e. The first kappa shape index (κ1) is 15.6. The summed E-state index contributed by atoms with van der Waals surface area (Å²) in [6.07, 6.45) is 3.48. The number of thiophene rings is 1. The molecule has 7 heteroatoms. The first-order valence-electron chi connectivity index (χ1n) is 6.42. The van der Waals surface area contributed by atoms with E-state index in [0.29, 0.717) is 27.9 Å². The Labute approximate surface area is 131 Å². The van der Waals surface area contributed by atoms with Crippen LogP contribution in [0.5, 0.6) is 0 Å². The maximum Gasteiger partial charge on any atom is 0.323 e. The molecule has 0 atom stereocenters. The van der Waals surface area contributed by atoms with Crippen LogP contribution in [-0.4, -0.2) is 34.5 Å². The van der Waals surface area contributed by atoms with E-state index in [-0.39, 0.29) is 18.5 Å². The Morgan fingerprint density at radius 3 is 2.60 bits per heavy atom. The second-order valence-corrected chi connectivity index (χ2v) is 7.14. The van der Waals surface area contributed by atoms with E-state index in [4.69, 9.17) is 28.3 Å². The molecular weight excluding hydrogens is 321 g/mol. The summed E-state index contributed by atoms with van der Waals surface area (Å²) >= 11 is 13.2. The molecule has 0 aromatic carbocycles. The number of amides is 1. The number of carbonyl (C=O) groups excluding carboxylic acids is 1. The molecule has 1 aliphatic carbocycles. The highest BCUT2D eigenvalue weighted by Gasteiger charge is 2.33. The highest BCUT2D eigenvalue weighted by atomic mass is 35.5. The highest BCUT2D eigenvalue weighted by molar-refractivity contribution is 7.20. The van der Waals surface area contributed by atoms with E-state index in [1.807, 2.05) is 6.07 Å². The number of nitrogens with zero attached hydrogens (tertiary/aromatic N) is 1. The molecule has 0 saturated heterocycles. The van der Waals surface area contributed by atoms with Crippen molar-refractivity contribution in [2.24, 2.45) is 0 Å². The van der Waals surface area contributed by atoms with E-state index in [9.17, 15) is 9.59 Å². The number of aliphatic carboxylic acids is 1. The van der Waals surface area contributed by atoms with Crippen molar-refractivity contribution in [2.75, 3.05) is 6.54 Å². The predicted molar refractivity (Wildman–Crippen MR) is 79.6 cm³/mol. The van der Waals surface area contributed by atoms with Crippen LogP contribution in [0, 0.1) is 0 Å². The first-order valence-corrected chi connectivity index (χ1v) is 7.99. The molecule has 1 N–H and O–H groups in total. The molecule has 0 aliphatic heterocycles. The maximum absolute atomic E-state index is 12.0. The Morgan fingerprint density at radius 2 is 2.10 bits per heavy atom. The van der Waals surface area contributed by atoms with Gasteiger partial charge in [-0.25, -0.2) is 0 Å². The van der Waals surface area contributed by atoms with Crippen molar-refractivity contribution in [2.45, 2.75) is 38.1 Å². The van der Waals surface area contributed by atoms with Crippen molar-refractivity contribution in [3.63, 3.8) is 0 Å². The van der Waals surface area contributed by atoms with Crippen LogP contribution in [0.1, 0.15) is 31.2 Å². The zero-order valence-corrected chi connectivity index (χ0v) is 13.1. The van der Waals surface area contributed by atoms with Crippen molar-refractivity contribution in [1.29, 1.82) is 0 Å². The Bertz CT molecular complexity index is 514. The zero-order chi connectivity index (χ0) is 14.7. The molecule has 2 rings (SSSR count). The lowest BCUT2D eigenvalue weighted by molar-refractivity contribution is -0.144. The zero-order valence-electron chi connectivity index (χ0n) is 10.8. The fraction of sp³-hybridized carbons (Fsp3) is 0.538. The summed E-state index contributed by atoms with van der Waals surface area (Å²) in [6.45, 7) is -0.200. The summed E-state index contributed by atoms with van der Waals surface area (Å²) in [4.78, 5) is 24.3. The molecule has 1 heterocycles. The number of halogens is 2. The van der Waals surface area contributed by atoms with Gasteiger partial charge in [0.05, 0.1) is 8.67 Å². The van der Waals surface area contributed by atoms with E-state index in [1.165, 1.54) is 16.2 Å². The van der Waals surface area contributed by atoms with Gasteiger partial charge in [0.2, 0.25) is 5.91 Å². The van der Waals surface area contributed by atoms with E-state index >= 15 is 0 Å². The molecule has 0 unspecified atom stereocenters. The van der Waals surface area contributed by atoms with Crippen LogP contribution in [0.25, 0.3) is 0 Å². The molecule has 20 heavy (non-hydrogen) atoms. The van der Waals surface area contributed by atoms with Gasteiger partial charge in [0.15, 0.2) is 0 Å². The van der Waals surface area contributed by atoms with Gasteiger partial charge in [-0.05, 0) is 37.3 Å². The smallest absolute Gasteiger partial charge is 0.323 e. The summed E-state index contributed by atoms with van der Waals surface area (Å²) < 4.78 is 1.30. The molecule has 1 fully saturated rings. The standard InChI is InChI=1S/C13H15Cl2NO3S/c14-10-6-8(13(15)20-10)2-1-3-11(17)16(7-12(18)19)9-4-5-9/h6,9H,1-5,7H2,(H,18,19). The van der Waals surface area contributed by atoms with Crippen LogP contribution < -0.4 is 0 Å². The third-order valence-corrected chi connectivity index (χ3v) is 4.75. The molecular formula is C13H15Cl2NO3S. The summed E-state index contributed by atoms with van der Waals surface area (Å²) in [5.41, 5.74) is 0.950. The van der Waals surface area contributed by atoms with Gasteiger partial charge in [0.25, 0.3) is 0 Å². The maximum atomic E-state index is 12.0. The lowest BCUT2D eigenvalue weighted by Crippen LogP contribution is -2.37. The third kappa shape index (κ3) is 4.36. The van der Waals surface area contributed by atoms with E-state index < -0.39 is 5.97 Å². The number of carboxylic acid groups (broad SMARTS) is 1. The molecule has 110 valence electrons. The number of rotatable bonds is 7. The van der Waals surface area contributed by atoms with Gasteiger partial charge in [-0.15, -0.1) is 11.3 Å². The molecule has 1 aromatic heterocycles. The van der Waals surface area contributed by atoms with E-state index in [1.54, 1.807) is 0 Å². The molecule has 0 spiro atoms. The summed E-state index contributed by atoms with van der Waals surface area (Å²) in [6, 6.07) is 1.94. The Hall–Kier alpha value is -0.780. The minimum absolute atomic E-state index is 0.0904. The van der Waals surface area contributed by atoms with Crippen molar-refractivity contribution in [3.05, 3.63) is 20.3 Å². The molecule has 0 radical (unpaired) electrons. The van der Waals surface area contributed by atoms with Gasteiger partial charge in [0.1, 0.15) is 6.54 Å². The average molecular weight is 336 g/mol. The molecule has 1 saturated carbocycles. The van der Waals surface area contributed by atoms with Crippen molar-refractivity contribution in [1.82, 2.24) is 4.90 Å². The number of hydrogen-bond acceptors (Lipinski definition) is 3. The first-order chi connectivity index (χ1) is 9.47. The quantitative estimate of drug-likeness (QED) is 0.830. The fourth-order valence-electron chi connectivity index (χ4n) is 2.07. The predicted octanol–water partition coefficient (Wildman–Crippen LogP) is 3.45. The van der Waals surface area contributed by atoms with Crippen LogP contribution in [0.15, 0.2) is 6.07 Å². The van der Waals surface area contributed by atoms with Gasteiger partial charge in [-0.1, -0.05) is 23.2 Å². The minimum atomic E-state index is -0.960. The van der Waals surface area contributed by atoms with Crippen LogP contribution in [0.3, 0.4) is 0 Å². The van der Waals surface area contributed by atoms with Gasteiger partial charge in [-0.2, -0.15) is 0 Å². The largest absolute Gasteiger partial charge is 0.480 e. The molecule has 1 aromatic rings. The second-order valence-electron chi connectivity index (χ2n) is 4.85. The topological polar surface area (TPSA) is 57.6 Å². The average Bonchev–Trinajstić information content (AvgIpc) is 3.13. The lowest BCUT2D eigenvalue weighted by atomic mass is 10.1. The highest BCUT2D eigenvalue weighted by Crippen LogP contribution is 2.32. The molecule has 1 aliphatic rings. The van der Waals surface area contributed by atoms with Gasteiger partial charge >= 0.3 is 5.97 Å². The normalized spacial score (nSPS) is 14.3. The summed E-state index contributed by atoms with van der Waals surface area (Å²) in [7, 11) is 0. The molecule has 0 bridgehead atoms. The SMILES string of the molecule is O=C(O)CN(C(=O)CCCc1cc(Cl)sc1Cl)C1CC1.